The van der Waals surface area contributed by atoms with Gasteiger partial charge in [-0.25, -0.2) is 9.78 Å². The summed E-state index contributed by atoms with van der Waals surface area (Å²) in [4.78, 5) is 63.9. The van der Waals surface area contributed by atoms with Gasteiger partial charge in [-0.3, -0.25) is 19.2 Å². The maximum absolute atomic E-state index is 12.4. The number of hydrogen-bond acceptors (Lipinski definition) is 7. The Morgan fingerprint density at radius 2 is 1.75 bits per heavy atom. The van der Waals surface area contributed by atoms with Crippen LogP contribution in [0.4, 0.5) is 0 Å². The molecule has 28 heavy (non-hydrogen) atoms. The normalized spacial score (nSPS) is 13.8. The summed E-state index contributed by atoms with van der Waals surface area (Å²) in [6.07, 6.45) is 1.35. The standard InChI is InChI=1S/C15H22N6O7/c16-8(4-11(17)22)13(25)20-9(1-2-12(23)24)14(26)21-10(15(27)28)3-7-5-18-6-19-7/h5-6,8-10H,1-4,16H2,(H2,17,22)(H,18,19)(H,20,25)(H,21,26)(H,23,24)(H,27,28). The summed E-state index contributed by atoms with van der Waals surface area (Å²) in [5.41, 5.74) is 10.9. The van der Waals surface area contributed by atoms with Crippen LogP contribution in [0.5, 0.6) is 0 Å². The average molecular weight is 398 g/mol. The van der Waals surface area contributed by atoms with Gasteiger partial charge in [-0.1, -0.05) is 0 Å². The van der Waals surface area contributed by atoms with E-state index in [4.69, 9.17) is 16.6 Å². The third kappa shape index (κ3) is 7.82. The maximum Gasteiger partial charge on any atom is 0.326 e. The zero-order chi connectivity index (χ0) is 21.3. The Balaban J connectivity index is 2.83. The summed E-state index contributed by atoms with van der Waals surface area (Å²) in [7, 11) is 0. The number of carbonyl (C=O) groups is 5. The molecule has 3 amide bonds. The Labute approximate surface area is 158 Å². The van der Waals surface area contributed by atoms with E-state index in [0.717, 1.165) is 0 Å². The van der Waals surface area contributed by atoms with Gasteiger partial charge in [0.1, 0.15) is 12.1 Å². The Morgan fingerprint density at radius 3 is 2.25 bits per heavy atom. The fourth-order valence-electron chi connectivity index (χ4n) is 2.21. The second kappa shape index (κ2) is 10.6. The summed E-state index contributed by atoms with van der Waals surface area (Å²) >= 11 is 0. The molecule has 1 aromatic rings. The monoisotopic (exact) mass is 398 g/mol. The van der Waals surface area contributed by atoms with Crippen LogP contribution in [-0.4, -0.2) is 68.0 Å². The minimum atomic E-state index is -1.37. The lowest BCUT2D eigenvalue weighted by molar-refractivity contribution is -0.143. The molecule has 3 unspecified atom stereocenters. The minimum Gasteiger partial charge on any atom is -0.481 e. The fourth-order valence-corrected chi connectivity index (χ4v) is 2.21. The predicted molar refractivity (Wildman–Crippen MR) is 92.4 cm³/mol. The number of nitrogens with one attached hydrogen (secondary N) is 3. The van der Waals surface area contributed by atoms with Crippen molar-refractivity contribution in [1.82, 2.24) is 20.6 Å². The highest BCUT2D eigenvalue weighted by Crippen LogP contribution is 2.04. The molecule has 0 bridgehead atoms. The van der Waals surface area contributed by atoms with Crippen LogP contribution in [0.25, 0.3) is 0 Å². The Kier molecular flexibility index (Phi) is 8.55. The number of H-pyrrole nitrogens is 1. The molecule has 13 heteroatoms. The molecule has 0 saturated carbocycles. The molecule has 1 rings (SSSR count). The summed E-state index contributed by atoms with van der Waals surface area (Å²) < 4.78 is 0. The van der Waals surface area contributed by atoms with Gasteiger partial charge < -0.3 is 37.3 Å². The van der Waals surface area contributed by atoms with Crippen LogP contribution in [0.1, 0.15) is 25.0 Å². The molecule has 3 atom stereocenters. The second-order valence-electron chi connectivity index (χ2n) is 5.95. The summed E-state index contributed by atoms with van der Waals surface area (Å²) in [6.45, 7) is 0. The van der Waals surface area contributed by atoms with Crippen molar-refractivity contribution in [2.75, 3.05) is 0 Å². The van der Waals surface area contributed by atoms with Gasteiger partial charge in [-0.05, 0) is 6.42 Å². The lowest BCUT2D eigenvalue weighted by Gasteiger charge is -2.22. The molecule has 0 aromatic carbocycles. The zero-order valence-corrected chi connectivity index (χ0v) is 14.8. The lowest BCUT2D eigenvalue weighted by Crippen LogP contribution is -2.55. The maximum atomic E-state index is 12.4. The first-order valence-electron chi connectivity index (χ1n) is 8.16. The lowest BCUT2D eigenvalue weighted by atomic mass is 10.1. The van der Waals surface area contributed by atoms with E-state index in [1.165, 1.54) is 12.5 Å². The Bertz CT molecular complexity index is 720. The molecule has 0 saturated heterocycles. The number of carboxylic acid groups (broad SMARTS) is 2. The van der Waals surface area contributed by atoms with Crippen LogP contribution in [0, 0.1) is 0 Å². The predicted octanol–water partition coefficient (Wildman–Crippen LogP) is -2.93. The van der Waals surface area contributed by atoms with Crippen LogP contribution < -0.4 is 22.1 Å². The van der Waals surface area contributed by atoms with E-state index in [2.05, 4.69) is 20.6 Å². The van der Waals surface area contributed by atoms with E-state index in [9.17, 15) is 29.1 Å². The molecule has 0 aliphatic rings. The first-order chi connectivity index (χ1) is 13.1. The number of rotatable bonds is 12. The first kappa shape index (κ1) is 22.6. The Hall–Kier alpha value is -3.48. The molecule has 0 radical (unpaired) electrons. The quantitative estimate of drug-likeness (QED) is 0.191. The third-order valence-electron chi connectivity index (χ3n) is 3.63. The van der Waals surface area contributed by atoms with Crippen molar-refractivity contribution in [2.45, 2.75) is 43.8 Å². The molecular formula is C15H22N6O7. The van der Waals surface area contributed by atoms with Gasteiger partial charge in [0.25, 0.3) is 0 Å². The fraction of sp³-hybridized carbons (Fsp3) is 0.467. The van der Waals surface area contributed by atoms with Crippen LogP contribution in [-0.2, 0) is 30.4 Å². The number of hydrogen-bond donors (Lipinski definition) is 7. The van der Waals surface area contributed by atoms with Crippen molar-refractivity contribution in [3.8, 4) is 0 Å². The van der Waals surface area contributed by atoms with E-state index in [1.54, 1.807) is 0 Å². The molecular weight excluding hydrogens is 376 g/mol. The largest absolute Gasteiger partial charge is 0.481 e. The number of aromatic nitrogens is 2. The van der Waals surface area contributed by atoms with E-state index in [-0.39, 0.29) is 12.8 Å². The van der Waals surface area contributed by atoms with E-state index < -0.39 is 60.6 Å². The van der Waals surface area contributed by atoms with Crippen molar-refractivity contribution in [1.29, 1.82) is 0 Å². The Morgan fingerprint density at radius 1 is 1.11 bits per heavy atom. The van der Waals surface area contributed by atoms with Gasteiger partial charge in [-0.15, -0.1) is 0 Å². The van der Waals surface area contributed by atoms with Crippen LogP contribution >= 0.6 is 0 Å². The van der Waals surface area contributed by atoms with Crippen molar-refractivity contribution < 1.29 is 34.2 Å². The number of aromatic amines is 1. The van der Waals surface area contributed by atoms with Gasteiger partial charge >= 0.3 is 11.9 Å². The van der Waals surface area contributed by atoms with Gasteiger partial charge in [0.05, 0.1) is 18.8 Å². The van der Waals surface area contributed by atoms with Crippen molar-refractivity contribution in [3.63, 3.8) is 0 Å². The number of aliphatic carboxylic acids is 2. The van der Waals surface area contributed by atoms with Gasteiger partial charge in [0, 0.05) is 24.7 Å². The highest BCUT2D eigenvalue weighted by molar-refractivity contribution is 5.93. The minimum absolute atomic E-state index is 0.109. The molecule has 0 aliphatic heterocycles. The molecule has 13 nitrogen and oxygen atoms in total. The van der Waals surface area contributed by atoms with Crippen molar-refractivity contribution >= 4 is 29.7 Å². The first-order valence-corrected chi connectivity index (χ1v) is 8.16. The summed E-state index contributed by atoms with van der Waals surface area (Å²) in [5, 5.41) is 22.6. The number of nitrogens with zero attached hydrogens (tertiary/aromatic N) is 1. The third-order valence-corrected chi connectivity index (χ3v) is 3.63. The number of carboxylic acids is 2. The number of primary amides is 1. The van der Waals surface area contributed by atoms with E-state index in [1.807, 2.05) is 0 Å². The molecule has 0 spiro atoms. The van der Waals surface area contributed by atoms with Crippen LogP contribution in [0.15, 0.2) is 12.5 Å². The van der Waals surface area contributed by atoms with Crippen LogP contribution in [0.3, 0.4) is 0 Å². The molecule has 0 aliphatic carbocycles. The highest BCUT2D eigenvalue weighted by Gasteiger charge is 2.29. The molecule has 9 N–H and O–H groups in total. The zero-order valence-electron chi connectivity index (χ0n) is 14.8. The average Bonchev–Trinajstić information content (AvgIpc) is 3.09. The number of nitrogens with two attached hydrogens (primary N) is 2. The molecule has 0 fully saturated rings. The molecule has 1 aromatic heterocycles. The van der Waals surface area contributed by atoms with E-state index >= 15 is 0 Å². The van der Waals surface area contributed by atoms with Gasteiger partial charge in [0.15, 0.2) is 0 Å². The highest BCUT2D eigenvalue weighted by atomic mass is 16.4. The molecule has 154 valence electrons. The topological polar surface area (TPSA) is 231 Å². The van der Waals surface area contributed by atoms with Crippen molar-refractivity contribution in [2.24, 2.45) is 11.5 Å². The van der Waals surface area contributed by atoms with Crippen LogP contribution in [0.2, 0.25) is 0 Å². The second-order valence-corrected chi connectivity index (χ2v) is 5.95. The van der Waals surface area contributed by atoms with Gasteiger partial charge in [-0.2, -0.15) is 0 Å². The SMILES string of the molecule is NC(=O)CC(N)C(=O)NC(CCC(=O)O)C(=O)NC(Cc1cnc[nH]1)C(=O)O. The molecule has 1 heterocycles. The van der Waals surface area contributed by atoms with Crippen molar-refractivity contribution in [3.05, 3.63) is 18.2 Å². The number of carbonyl (C=O) groups excluding carboxylic acids is 3. The summed E-state index contributed by atoms with van der Waals surface area (Å²) in [6, 6.07) is -4.06. The summed E-state index contributed by atoms with van der Waals surface area (Å²) in [5.74, 6) is -5.20. The number of imidazole rings is 1. The smallest absolute Gasteiger partial charge is 0.326 e. The number of amides is 3. The van der Waals surface area contributed by atoms with E-state index in [0.29, 0.717) is 5.69 Å². The van der Waals surface area contributed by atoms with Gasteiger partial charge in [0.2, 0.25) is 17.7 Å².